The normalized spacial score (nSPS) is 15.0. The molecule has 0 saturated carbocycles. The molecule has 1 fully saturated rings. The van der Waals surface area contributed by atoms with Gasteiger partial charge in [-0.15, -0.1) is 11.3 Å². The summed E-state index contributed by atoms with van der Waals surface area (Å²) >= 11 is 1.41. The molecule has 1 aliphatic rings. The monoisotopic (exact) mass is 436 g/mol. The third kappa shape index (κ3) is 4.22. The van der Waals surface area contributed by atoms with Gasteiger partial charge in [0.1, 0.15) is 5.82 Å². The summed E-state index contributed by atoms with van der Waals surface area (Å²) < 4.78 is 19.8. The number of amides is 1. The number of carbonyl (C=O) groups is 1. The number of rotatable bonds is 4. The lowest BCUT2D eigenvalue weighted by Gasteiger charge is -2.33. The lowest BCUT2D eigenvalue weighted by molar-refractivity contribution is 0.0620. The first-order valence-electron chi connectivity index (χ1n) is 10.2. The van der Waals surface area contributed by atoms with Crippen molar-refractivity contribution in [2.45, 2.75) is 13.5 Å². The molecule has 6 nitrogen and oxygen atoms in total. The number of piperazine rings is 1. The largest absolute Gasteiger partial charge is 0.338 e. The van der Waals surface area contributed by atoms with Gasteiger partial charge in [0.05, 0.1) is 11.4 Å². The summed E-state index contributed by atoms with van der Waals surface area (Å²) in [5.74, 6) is 0.872. The molecule has 0 bridgehead atoms. The minimum absolute atomic E-state index is 0.000653. The third-order valence-electron chi connectivity index (χ3n) is 5.49. The van der Waals surface area contributed by atoms with Gasteiger partial charge in [0.15, 0.2) is 0 Å². The van der Waals surface area contributed by atoms with Crippen LogP contribution in [0, 0.1) is 12.7 Å². The first-order chi connectivity index (χ1) is 15.0. The zero-order valence-electron chi connectivity index (χ0n) is 17.0. The molecule has 0 unspecified atom stereocenters. The average Bonchev–Trinajstić information content (AvgIpc) is 3.41. The van der Waals surface area contributed by atoms with Gasteiger partial charge >= 0.3 is 0 Å². The smallest absolute Gasteiger partial charge is 0.264 e. The molecule has 1 amide bonds. The SMILES string of the molecule is Cc1ccc(-c2noc(CN3CCN(C(=O)c4cc5cc(F)ccc5s4)CC3)n2)cc1. The molecule has 0 N–H and O–H groups in total. The molecule has 5 rings (SSSR count). The van der Waals surface area contributed by atoms with Crippen LogP contribution in [-0.2, 0) is 6.54 Å². The van der Waals surface area contributed by atoms with E-state index < -0.39 is 0 Å². The van der Waals surface area contributed by atoms with E-state index in [0.29, 0.717) is 36.2 Å². The number of aromatic nitrogens is 2. The van der Waals surface area contributed by atoms with Gasteiger partial charge in [-0.05, 0) is 36.6 Å². The lowest BCUT2D eigenvalue weighted by atomic mass is 10.1. The zero-order chi connectivity index (χ0) is 21.4. The van der Waals surface area contributed by atoms with E-state index in [9.17, 15) is 9.18 Å². The molecular weight excluding hydrogens is 415 g/mol. The molecule has 2 aromatic carbocycles. The van der Waals surface area contributed by atoms with Crippen molar-refractivity contribution in [1.29, 1.82) is 0 Å². The van der Waals surface area contributed by atoms with E-state index in [0.717, 1.165) is 28.7 Å². The van der Waals surface area contributed by atoms with Crippen molar-refractivity contribution in [2.24, 2.45) is 0 Å². The average molecular weight is 437 g/mol. The van der Waals surface area contributed by atoms with Gasteiger partial charge in [-0.1, -0.05) is 35.0 Å². The van der Waals surface area contributed by atoms with Crippen LogP contribution in [0.1, 0.15) is 21.1 Å². The second kappa shape index (κ2) is 8.20. The fourth-order valence-electron chi connectivity index (χ4n) is 3.71. The Balaban J connectivity index is 1.19. The Kier molecular flexibility index (Phi) is 5.25. The highest BCUT2D eigenvalue weighted by molar-refractivity contribution is 7.20. The molecule has 31 heavy (non-hydrogen) atoms. The Morgan fingerprint density at radius 3 is 2.65 bits per heavy atom. The summed E-state index contributed by atoms with van der Waals surface area (Å²) in [7, 11) is 0. The van der Waals surface area contributed by atoms with E-state index in [4.69, 9.17) is 4.52 Å². The van der Waals surface area contributed by atoms with Crippen molar-refractivity contribution in [2.75, 3.05) is 26.2 Å². The fourth-order valence-corrected chi connectivity index (χ4v) is 4.73. The molecule has 0 atom stereocenters. The van der Waals surface area contributed by atoms with Crippen LogP contribution in [0.3, 0.4) is 0 Å². The summed E-state index contributed by atoms with van der Waals surface area (Å²) in [4.78, 5) is 22.1. The van der Waals surface area contributed by atoms with Gasteiger partial charge in [-0.25, -0.2) is 4.39 Å². The molecule has 4 aromatic rings. The van der Waals surface area contributed by atoms with Crippen LogP contribution in [0.2, 0.25) is 0 Å². The molecule has 0 radical (unpaired) electrons. The summed E-state index contributed by atoms with van der Waals surface area (Å²) in [5.41, 5.74) is 2.11. The third-order valence-corrected chi connectivity index (χ3v) is 6.59. The number of hydrogen-bond acceptors (Lipinski definition) is 6. The number of benzene rings is 2. The molecule has 1 saturated heterocycles. The molecule has 0 aliphatic carbocycles. The minimum atomic E-state index is -0.288. The van der Waals surface area contributed by atoms with E-state index >= 15 is 0 Å². The predicted molar refractivity (Wildman–Crippen MR) is 117 cm³/mol. The Bertz CT molecular complexity index is 1230. The predicted octanol–water partition coefficient (Wildman–Crippen LogP) is 4.36. The number of aryl methyl sites for hydroxylation is 1. The maximum atomic E-state index is 13.4. The summed E-state index contributed by atoms with van der Waals surface area (Å²) in [6.45, 7) is 5.31. The highest BCUT2D eigenvalue weighted by atomic mass is 32.1. The second-order valence-electron chi connectivity index (χ2n) is 7.74. The van der Waals surface area contributed by atoms with Crippen molar-refractivity contribution >= 4 is 27.3 Å². The van der Waals surface area contributed by atoms with Gasteiger partial charge < -0.3 is 9.42 Å². The summed E-state index contributed by atoms with van der Waals surface area (Å²) in [6, 6.07) is 14.4. The van der Waals surface area contributed by atoms with E-state index in [1.165, 1.54) is 29.0 Å². The molecule has 3 heterocycles. The highest BCUT2D eigenvalue weighted by Gasteiger charge is 2.24. The Labute approximate surface area is 182 Å². The van der Waals surface area contributed by atoms with E-state index in [-0.39, 0.29) is 11.7 Å². The van der Waals surface area contributed by atoms with Gasteiger partial charge in [-0.2, -0.15) is 4.98 Å². The summed E-state index contributed by atoms with van der Waals surface area (Å²) in [5, 5.41) is 4.86. The Morgan fingerprint density at radius 1 is 1.10 bits per heavy atom. The highest BCUT2D eigenvalue weighted by Crippen LogP contribution is 2.27. The topological polar surface area (TPSA) is 62.5 Å². The molecular formula is C23H21FN4O2S. The number of halogens is 1. The lowest BCUT2D eigenvalue weighted by Crippen LogP contribution is -2.48. The molecule has 158 valence electrons. The van der Waals surface area contributed by atoms with Crippen LogP contribution in [0.4, 0.5) is 4.39 Å². The van der Waals surface area contributed by atoms with E-state index in [1.54, 1.807) is 12.1 Å². The molecule has 8 heteroatoms. The van der Waals surface area contributed by atoms with Gasteiger partial charge in [-0.3, -0.25) is 9.69 Å². The Hall–Kier alpha value is -3.10. The Morgan fingerprint density at radius 2 is 1.87 bits per heavy atom. The second-order valence-corrected chi connectivity index (χ2v) is 8.82. The fraction of sp³-hybridized carbons (Fsp3) is 0.261. The van der Waals surface area contributed by atoms with E-state index in [1.807, 2.05) is 36.1 Å². The van der Waals surface area contributed by atoms with Crippen molar-refractivity contribution in [1.82, 2.24) is 19.9 Å². The van der Waals surface area contributed by atoms with Crippen LogP contribution in [0.25, 0.3) is 21.5 Å². The van der Waals surface area contributed by atoms with Gasteiger partial charge in [0, 0.05) is 36.4 Å². The molecule has 0 spiro atoms. The zero-order valence-corrected chi connectivity index (χ0v) is 17.9. The minimum Gasteiger partial charge on any atom is -0.338 e. The number of hydrogen-bond donors (Lipinski definition) is 0. The maximum Gasteiger partial charge on any atom is 0.264 e. The summed E-state index contributed by atoms with van der Waals surface area (Å²) in [6.07, 6.45) is 0. The van der Waals surface area contributed by atoms with Gasteiger partial charge in [0.25, 0.3) is 5.91 Å². The maximum absolute atomic E-state index is 13.4. The van der Waals surface area contributed by atoms with Gasteiger partial charge in [0.2, 0.25) is 11.7 Å². The van der Waals surface area contributed by atoms with Crippen LogP contribution in [0.15, 0.2) is 53.1 Å². The number of nitrogens with zero attached hydrogens (tertiary/aromatic N) is 4. The number of fused-ring (bicyclic) bond motifs is 1. The number of carbonyl (C=O) groups excluding carboxylic acids is 1. The van der Waals surface area contributed by atoms with Crippen LogP contribution < -0.4 is 0 Å². The first-order valence-corrected chi connectivity index (χ1v) is 11.0. The van der Waals surface area contributed by atoms with E-state index in [2.05, 4.69) is 15.0 Å². The van der Waals surface area contributed by atoms with Crippen molar-refractivity contribution < 1.29 is 13.7 Å². The van der Waals surface area contributed by atoms with Crippen molar-refractivity contribution in [3.05, 3.63) is 70.7 Å². The number of thiophene rings is 1. The van der Waals surface area contributed by atoms with Crippen molar-refractivity contribution in [3.63, 3.8) is 0 Å². The van der Waals surface area contributed by atoms with Crippen LogP contribution in [-0.4, -0.2) is 52.0 Å². The first kappa shape index (κ1) is 19.8. The van der Waals surface area contributed by atoms with Crippen LogP contribution in [0.5, 0.6) is 0 Å². The molecule has 2 aromatic heterocycles. The van der Waals surface area contributed by atoms with Crippen molar-refractivity contribution in [3.8, 4) is 11.4 Å². The van der Waals surface area contributed by atoms with Crippen LogP contribution >= 0.6 is 11.3 Å². The standard InChI is InChI=1S/C23H21FN4O2S/c1-15-2-4-16(5-3-15)22-25-21(30-26-22)14-27-8-10-28(11-9-27)23(29)20-13-17-12-18(24)6-7-19(17)31-20/h2-7,12-13H,8-11,14H2,1H3. The quantitative estimate of drug-likeness (QED) is 0.476. The molecule has 1 aliphatic heterocycles.